The van der Waals surface area contributed by atoms with E-state index in [1.54, 1.807) is 6.07 Å². The Hall–Kier alpha value is -1.99. The topological polar surface area (TPSA) is 70.7 Å². The van der Waals surface area contributed by atoms with Crippen LogP contribution in [0.4, 0.5) is 14.9 Å². The lowest BCUT2D eigenvalue weighted by molar-refractivity contribution is -0.124. The lowest BCUT2D eigenvalue weighted by atomic mass is 10.2. The largest absolute Gasteiger partial charge is 0.373 e. The van der Waals surface area contributed by atoms with E-state index in [1.807, 2.05) is 18.7 Å². The number of amides is 3. The number of hydrogen-bond acceptors (Lipinski definition) is 4. The number of nitrogens with zero attached hydrogens (tertiary/aromatic N) is 1. The van der Waals surface area contributed by atoms with Gasteiger partial charge in [-0.25, -0.2) is 9.18 Å². The third-order valence-corrected chi connectivity index (χ3v) is 3.24. The van der Waals surface area contributed by atoms with Crippen LogP contribution in [-0.2, 0) is 9.53 Å². The highest BCUT2D eigenvalue weighted by Gasteiger charge is 2.24. The van der Waals surface area contributed by atoms with Crippen LogP contribution in [-0.4, -0.2) is 48.7 Å². The highest BCUT2D eigenvalue weighted by molar-refractivity contribution is 6.01. The second kappa shape index (κ2) is 7.33. The molecule has 0 spiro atoms. The van der Waals surface area contributed by atoms with Gasteiger partial charge in [-0.1, -0.05) is 12.1 Å². The highest BCUT2D eigenvalue weighted by atomic mass is 19.1. The standard InChI is InChI=1S/C15H20FN3O3/c1-10-7-19(8-11(2)22-10)9-14(20)18-15(21)17-13-6-4-3-5-12(13)16/h3-6,10-11H,7-9H2,1-2H3,(H2,17,18,20,21)/t10-,11-/m0/s1. The van der Waals surface area contributed by atoms with E-state index in [0.717, 1.165) is 0 Å². The smallest absolute Gasteiger partial charge is 0.326 e. The molecule has 22 heavy (non-hydrogen) atoms. The molecule has 2 N–H and O–H groups in total. The minimum atomic E-state index is -0.746. The zero-order chi connectivity index (χ0) is 16.1. The van der Waals surface area contributed by atoms with Crippen molar-refractivity contribution in [2.24, 2.45) is 0 Å². The summed E-state index contributed by atoms with van der Waals surface area (Å²) in [6.45, 7) is 5.24. The summed E-state index contributed by atoms with van der Waals surface area (Å²) in [5, 5.41) is 4.50. The maximum absolute atomic E-state index is 13.4. The Morgan fingerprint density at radius 1 is 1.27 bits per heavy atom. The SMILES string of the molecule is C[C@H]1CN(CC(=O)NC(=O)Nc2ccccc2F)C[C@H](C)O1. The molecule has 1 saturated heterocycles. The Kier molecular flexibility index (Phi) is 5.46. The van der Waals surface area contributed by atoms with Gasteiger partial charge in [0.2, 0.25) is 5.91 Å². The summed E-state index contributed by atoms with van der Waals surface area (Å²) in [7, 11) is 0. The van der Waals surface area contributed by atoms with Crippen molar-refractivity contribution in [1.29, 1.82) is 0 Å². The van der Waals surface area contributed by atoms with E-state index < -0.39 is 17.8 Å². The molecule has 0 unspecified atom stereocenters. The molecule has 1 aromatic rings. The molecule has 0 saturated carbocycles. The van der Waals surface area contributed by atoms with Crippen molar-refractivity contribution >= 4 is 17.6 Å². The van der Waals surface area contributed by atoms with Gasteiger partial charge < -0.3 is 10.1 Å². The zero-order valence-corrected chi connectivity index (χ0v) is 12.6. The van der Waals surface area contributed by atoms with Gasteiger partial charge in [0.25, 0.3) is 0 Å². The summed E-state index contributed by atoms with van der Waals surface area (Å²) in [6, 6.07) is 5.02. The van der Waals surface area contributed by atoms with Crippen LogP contribution in [0, 0.1) is 5.82 Å². The Bertz CT molecular complexity index is 543. The maximum atomic E-state index is 13.4. The van der Waals surface area contributed by atoms with Gasteiger partial charge in [0, 0.05) is 13.1 Å². The van der Waals surface area contributed by atoms with E-state index in [9.17, 15) is 14.0 Å². The van der Waals surface area contributed by atoms with Crippen LogP contribution in [0.25, 0.3) is 0 Å². The third-order valence-electron chi connectivity index (χ3n) is 3.24. The number of imide groups is 1. The predicted octanol–water partition coefficient (Wildman–Crippen LogP) is 1.58. The number of ether oxygens (including phenoxy) is 1. The monoisotopic (exact) mass is 309 g/mol. The number of anilines is 1. The summed E-state index contributed by atoms with van der Waals surface area (Å²) in [5.74, 6) is -0.990. The first-order chi connectivity index (χ1) is 10.4. The predicted molar refractivity (Wildman–Crippen MR) is 80.0 cm³/mol. The highest BCUT2D eigenvalue weighted by Crippen LogP contribution is 2.12. The molecule has 1 aliphatic rings. The van der Waals surface area contributed by atoms with Crippen LogP contribution in [0.15, 0.2) is 24.3 Å². The van der Waals surface area contributed by atoms with Gasteiger partial charge in [-0.15, -0.1) is 0 Å². The van der Waals surface area contributed by atoms with Gasteiger partial charge in [0.15, 0.2) is 0 Å². The third kappa shape index (κ3) is 4.78. The normalized spacial score (nSPS) is 22.1. The molecule has 1 heterocycles. The minimum absolute atomic E-state index is 0.0291. The van der Waals surface area contributed by atoms with Crippen molar-refractivity contribution in [3.05, 3.63) is 30.1 Å². The van der Waals surface area contributed by atoms with Crippen molar-refractivity contribution in [3.8, 4) is 0 Å². The number of benzene rings is 1. The van der Waals surface area contributed by atoms with Gasteiger partial charge in [0.1, 0.15) is 5.82 Å². The number of carbonyl (C=O) groups is 2. The maximum Gasteiger partial charge on any atom is 0.326 e. The number of halogens is 1. The van der Waals surface area contributed by atoms with Crippen molar-refractivity contribution < 1.29 is 18.7 Å². The van der Waals surface area contributed by atoms with E-state index >= 15 is 0 Å². The number of hydrogen-bond donors (Lipinski definition) is 2. The van der Waals surface area contributed by atoms with Crippen LogP contribution in [0.2, 0.25) is 0 Å². The second-order valence-corrected chi connectivity index (χ2v) is 5.43. The van der Waals surface area contributed by atoms with E-state index in [2.05, 4.69) is 10.6 Å². The Morgan fingerprint density at radius 2 is 1.91 bits per heavy atom. The van der Waals surface area contributed by atoms with Gasteiger partial charge in [0.05, 0.1) is 24.4 Å². The van der Waals surface area contributed by atoms with Crippen LogP contribution in [0.5, 0.6) is 0 Å². The quantitative estimate of drug-likeness (QED) is 0.889. The summed E-state index contributed by atoms with van der Waals surface area (Å²) in [6.07, 6.45) is 0.0904. The molecule has 6 nitrogen and oxygen atoms in total. The van der Waals surface area contributed by atoms with Crippen molar-refractivity contribution in [3.63, 3.8) is 0 Å². The zero-order valence-electron chi connectivity index (χ0n) is 12.6. The van der Waals surface area contributed by atoms with Crippen LogP contribution < -0.4 is 10.6 Å². The minimum Gasteiger partial charge on any atom is -0.373 e. The number of rotatable bonds is 3. The number of carbonyl (C=O) groups excluding carboxylic acids is 2. The average molecular weight is 309 g/mol. The first kappa shape index (κ1) is 16.4. The van der Waals surface area contributed by atoms with Crippen LogP contribution in [0.3, 0.4) is 0 Å². The summed E-state index contributed by atoms with van der Waals surface area (Å²) in [4.78, 5) is 25.5. The summed E-state index contributed by atoms with van der Waals surface area (Å²) in [5.41, 5.74) is 0.0291. The molecule has 7 heteroatoms. The Labute approximate surface area is 128 Å². The number of urea groups is 1. The molecular weight excluding hydrogens is 289 g/mol. The summed E-state index contributed by atoms with van der Waals surface area (Å²) >= 11 is 0. The van der Waals surface area contributed by atoms with Gasteiger partial charge in [-0.2, -0.15) is 0 Å². The lowest BCUT2D eigenvalue weighted by Crippen LogP contribution is -2.50. The molecule has 1 aliphatic heterocycles. The Balaban J connectivity index is 1.81. The van der Waals surface area contributed by atoms with Gasteiger partial charge >= 0.3 is 6.03 Å². The average Bonchev–Trinajstić information content (AvgIpc) is 2.39. The van der Waals surface area contributed by atoms with E-state index in [4.69, 9.17) is 4.74 Å². The molecule has 0 radical (unpaired) electrons. The molecule has 2 rings (SSSR count). The molecule has 3 amide bonds. The first-order valence-corrected chi connectivity index (χ1v) is 7.17. The van der Waals surface area contributed by atoms with E-state index in [-0.39, 0.29) is 24.4 Å². The molecule has 0 bridgehead atoms. The van der Waals surface area contributed by atoms with Crippen LogP contribution in [0.1, 0.15) is 13.8 Å². The number of nitrogens with one attached hydrogen (secondary N) is 2. The van der Waals surface area contributed by atoms with Crippen molar-refractivity contribution in [1.82, 2.24) is 10.2 Å². The fraction of sp³-hybridized carbons (Fsp3) is 0.467. The molecule has 2 atom stereocenters. The molecular formula is C15H20FN3O3. The molecule has 1 aromatic carbocycles. The second-order valence-electron chi connectivity index (χ2n) is 5.43. The van der Waals surface area contributed by atoms with Crippen molar-refractivity contribution in [2.75, 3.05) is 25.0 Å². The van der Waals surface area contributed by atoms with E-state index in [1.165, 1.54) is 18.2 Å². The fourth-order valence-electron chi connectivity index (χ4n) is 2.50. The molecule has 120 valence electrons. The summed E-state index contributed by atoms with van der Waals surface area (Å²) < 4.78 is 19.0. The van der Waals surface area contributed by atoms with E-state index in [0.29, 0.717) is 13.1 Å². The van der Waals surface area contributed by atoms with Crippen molar-refractivity contribution in [2.45, 2.75) is 26.1 Å². The molecule has 0 aromatic heterocycles. The lowest BCUT2D eigenvalue weighted by Gasteiger charge is -2.34. The first-order valence-electron chi connectivity index (χ1n) is 7.17. The molecule has 0 aliphatic carbocycles. The van der Waals surface area contributed by atoms with Gasteiger partial charge in [-0.3, -0.25) is 15.0 Å². The fourth-order valence-corrected chi connectivity index (χ4v) is 2.50. The van der Waals surface area contributed by atoms with Gasteiger partial charge in [-0.05, 0) is 26.0 Å². The van der Waals surface area contributed by atoms with Crippen LogP contribution >= 0.6 is 0 Å². The Morgan fingerprint density at radius 3 is 2.55 bits per heavy atom. The number of morpholine rings is 1. The molecule has 1 fully saturated rings. The number of para-hydroxylation sites is 1.